The number of rotatable bonds is 7. The van der Waals surface area contributed by atoms with Crippen LogP contribution in [0.15, 0.2) is 41.6 Å². The highest BCUT2D eigenvalue weighted by molar-refractivity contribution is 7.98. The Labute approximate surface area is 199 Å². The molecule has 0 saturated heterocycles. The Kier molecular flexibility index (Phi) is 7.93. The minimum Gasteiger partial charge on any atom is -0.342 e. The van der Waals surface area contributed by atoms with Crippen LogP contribution in [-0.4, -0.2) is 20.7 Å². The molecule has 1 heterocycles. The van der Waals surface area contributed by atoms with Crippen LogP contribution in [0.4, 0.5) is 0 Å². The van der Waals surface area contributed by atoms with Gasteiger partial charge in [0.2, 0.25) is 0 Å². The Balaban J connectivity index is 1.73. The average Bonchev–Trinajstić information content (AvgIpc) is 3.10. The number of nitrogens with zero attached hydrogens (tertiary/aromatic N) is 3. The third-order valence-corrected chi connectivity index (χ3v) is 6.49. The zero-order chi connectivity index (χ0) is 21.8. The number of benzene rings is 2. The lowest BCUT2D eigenvalue weighted by atomic mass is 10.2. The van der Waals surface area contributed by atoms with Gasteiger partial charge < -0.3 is 9.88 Å². The maximum absolute atomic E-state index is 12.6. The lowest BCUT2D eigenvalue weighted by molar-refractivity contribution is 0.0937. The second-order valence-electron chi connectivity index (χ2n) is 6.43. The van der Waals surface area contributed by atoms with Crippen LogP contribution in [0.5, 0.6) is 0 Å². The van der Waals surface area contributed by atoms with Gasteiger partial charge in [-0.25, -0.2) is 0 Å². The molecule has 10 heteroatoms. The second-order valence-corrected chi connectivity index (χ2v) is 9.06. The molecule has 0 unspecified atom stereocenters. The lowest BCUT2D eigenvalue weighted by Crippen LogP contribution is -2.29. The van der Waals surface area contributed by atoms with E-state index in [0.29, 0.717) is 43.8 Å². The van der Waals surface area contributed by atoms with Crippen LogP contribution in [0.25, 0.3) is 0 Å². The van der Waals surface area contributed by atoms with E-state index in [9.17, 15) is 4.79 Å². The highest BCUT2D eigenvalue weighted by atomic mass is 35.5. The summed E-state index contributed by atoms with van der Waals surface area (Å²) in [5.41, 5.74) is 1.31. The second kappa shape index (κ2) is 10.2. The Morgan fingerprint density at radius 2 is 1.73 bits per heavy atom. The first-order valence-electron chi connectivity index (χ1n) is 9.05. The summed E-state index contributed by atoms with van der Waals surface area (Å²) in [6.45, 7) is 4.50. The fourth-order valence-electron chi connectivity index (χ4n) is 2.82. The molecular weight excluding hydrogens is 486 g/mol. The molecule has 3 rings (SSSR count). The summed E-state index contributed by atoms with van der Waals surface area (Å²) in [5.74, 6) is 0.965. The third-order valence-electron chi connectivity index (χ3n) is 4.34. The Hall–Kier alpha value is -1.44. The van der Waals surface area contributed by atoms with Gasteiger partial charge in [0.15, 0.2) is 11.0 Å². The molecule has 30 heavy (non-hydrogen) atoms. The standard InChI is InChI=1S/C20H18Cl4N4OS/c1-3-28-18(11(2)25-19(29)15-7-6-14(22)9-17(15)24)26-27-20(28)30-10-12-4-5-13(21)8-16(12)23/h4-9,11H,3,10H2,1-2H3,(H,25,29)/t11-/m1/s1. The van der Waals surface area contributed by atoms with Gasteiger partial charge in [0.05, 0.1) is 16.6 Å². The van der Waals surface area contributed by atoms with Crippen LogP contribution in [-0.2, 0) is 12.3 Å². The van der Waals surface area contributed by atoms with Gasteiger partial charge in [-0.15, -0.1) is 10.2 Å². The van der Waals surface area contributed by atoms with Crippen molar-refractivity contribution in [3.63, 3.8) is 0 Å². The number of aromatic nitrogens is 3. The highest BCUT2D eigenvalue weighted by Crippen LogP contribution is 2.29. The first-order valence-corrected chi connectivity index (χ1v) is 11.6. The van der Waals surface area contributed by atoms with E-state index in [1.54, 1.807) is 24.3 Å². The molecule has 0 aliphatic rings. The van der Waals surface area contributed by atoms with Gasteiger partial charge in [-0.2, -0.15) is 0 Å². The van der Waals surface area contributed by atoms with Crippen molar-refractivity contribution < 1.29 is 4.79 Å². The molecule has 0 saturated carbocycles. The Bertz CT molecular complexity index is 1070. The van der Waals surface area contributed by atoms with Crippen LogP contribution in [0.1, 0.15) is 41.6 Å². The fraction of sp³-hybridized carbons (Fsp3) is 0.250. The van der Waals surface area contributed by atoms with Crippen LogP contribution in [0.3, 0.4) is 0 Å². The molecule has 158 valence electrons. The summed E-state index contributed by atoms with van der Waals surface area (Å²) in [7, 11) is 0. The van der Waals surface area contributed by atoms with E-state index in [1.807, 2.05) is 24.5 Å². The van der Waals surface area contributed by atoms with Crippen LogP contribution in [0.2, 0.25) is 20.1 Å². The Morgan fingerprint density at radius 1 is 1.07 bits per heavy atom. The van der Waals surface area contributed by atoms with E-state index < -0.39 is 0 Å². The summed E-state index contributed by atoms with van der Waals surface area (Å²) in [4.78, 5) is 12.6. The molecular formula is C20H18Cl4N4OS. The first-order chi connectivity index (χ1) is 14.3. The molecule has 1 aromatic heterocycles. The van der Waals surface area contributed by atoms with Crippen molar-refractivity contribution in [2.45, 2.75) is 37.3 Å². The molecule has 3 aromatic rings. The predicted molar refractivity (Wildman–Crippen MR) is 124 cm³/mol. The van der Waals surface area contributed by atoms with Gasteiger partial charge in [0.1, 0.15) is 0 Å². The van der Waals surface area contributed by atoms with E-state index >= 15 is 0 Å². The summed E-state index contributed by atoms with van der Waals surface area (Å²) >= 11 is 25.8. The van der Waals surface area contributed by atoms with Gasteiger partial charge in [-0.1, -0.05) is 64.2 Å². The molecule has 0 spiro atoms. The highest BCUT2D eigenvalue weighted by Gasteiger charge is 2.21. The third kappa shape index (κ3) is 5.42. The van der Waals surface area contributed by atoms with E-state index in [1.165, 1.54) is 17.8 Å². The fourth-order valence-corrected chi connectivity index (χ4v) is 4.88. The summed E-state index contributed by atoms with van der Waals surface area (Å²) < 4.78 is 1.96. The molecule has 5 nitrogen and oxygen atoms in total. The van der Waals surface area contributed by atoms with Gasteiger partial charge >= 0.3 is 0 Å². The molecule has 0 radical (unpaired) electrons. The quantitative estimate of drug-likeness (QED) is 0.364. The molecule has 2 aromatic carbocycles. The van der Waals surface area contributed by atoms with Crippen molar-refractivity contribution in [2.75, 3.05) is 0 Å². The maximum Gasteiger partial charge on any atom is 0.253 e. The number of carbonyl (C=O) groups excluding carboxylic acids is 1. The number of nitrogens with one attached hydrogen (secondary N) is 1. The first kappa shape index (κ1) is 23.2. The summed E-state index contributed by atoms with van der Waals surface area (Å²) in [5, 5.41) is 14.2. The zero-order valence-electron chi connectivity index (χ0n) is 16.1. The number of hydrogen-bond acceptors (Lipinski definition) is 4. The maximum atomic E-state index is 12.6. The van der Waals surface area contributed by atoms with Crippen LogP contribution in [0, 0.1) is 0 Å². The van der Waals surface area contributed by atoms with Crippen molar-refractivity contribution >= 4 is 64.1 Å². The van der Waals surface area contributed by atoms with Crippen molar-refractivity contribution in [3.05, 3.63) is 73.4 Å². The van der Waals surface area contributed by atoms with Crippen molar-refractivity contribution in [1.29, 1.82) is 0 Å². The number of halogens is 4. The molecule has 0 aliphatic carbocycles. The minimum atomic E-state index is -0.370. The molecule has 0 fully saturated rings. The Morgan fingerprint density at radius 3 is 2.37 bits per heavy atom. The van der Waals surface area contributed by atoms with E-state index in [-0.39, 0.29) is 11.9 Å². The molecule has 0 aliphatic heterocycles. The van der Waals surface area contributed by atoms with Crippen LogP contribution >= 0.6 is 58.2 Å². The number of amides is 1. The smallest absolute Gasteiger partial charge is 0.253 e. The van der Waals surface area contributed by atoms with Crippen molar-refractivity contribution in [2.24, 2.45) is 0 Å². The number of thioether (sulfide) groups is 1. The lowest BCUT2D eigenvalue weighted by Gasteiger charge is -2.15. The molecule has 1 amide bonds. The van der Waals surface area contributed by atoms with E-state index in [2.05, 4.69) is 15.5 Å². The summed E-state index contributed by atoms with van der Waals surface area (Å²) in [6.07, 6.45) is 0. The average molecular weight is 504 g/mol. The minimum absolute atomic E-state index is 0.292. The SMILES string of the molecule is CCn1c(SCc2ccc(Cl)cc2Cl)nnc1[C@@H](C)NC(=O)c1ccc(Cl)cc1Cl. The molecule has 1 atom stereocenters. The largest absolute Gasteiger partial charge is 0.342 e. The predicted octanol–water partition coefficient (Wildman–Crippen LogP) is 6.69. The monoisotopic (exact) mass is 502 g/mol. The zero-order valence-corrected chi connectivity index (χ0v) is 20.0. The van der Waals surface area contributed by atoms with Crippen LogP contribution < -0.4 is 5.32 Å². The van der Waals surface area contributed by atoms with E-state index in [0.717, 1.165) is 10.7 Å². The summed E-state index contributed by atoms with van der Waals surface area (Å²) in [6, 6.07) is 9.79. The van der Waals surface area contributed by atoms with Crippen molar-refractivity contribution in [1.82, 2.24) is 20.1 Å². The molecule has 0 bridgehead atoms. The number of carbonyl (C=O) groups is 1. The van der Waals surface area contributed by atoms with Gasteiger partial charge in [-0.3, -0.25) is 4.79 Å². The van der Waals surface area contributed by atoms with Gasteiger partial charge in [0.25, 0.3) is 5.91 Å². The molecule has 1 N–H and O–H groups in total. The normalized spacial score (nSPS) is 12.1. The van der Waals surface area contributed by atoms with E-state index in [4.69, 9.17) is 46.4 Å². The number of hydrogen-bond donors (Lipinski definition) is 1. The topological polar surface area (TPSA) is 59.8 Å². The van der Waals surface area contributed by atoms with Gasteiger partial charge in [-0.05, 0) is 49.7 Å². The van der Waals surface area contributed by atoms with Gasteiger partial charge in [0, 0.05) is 27.4 Å². The van der Waals surface area contributed by atoms with Crippen molar-refractivity contribution in [3.8, 4) is 0 Å².